The maximum absolute atomic E-state index is 11.2. The molecule has 0 aliphatic heterocycles. The van der Waals surface area contributed by atoms with E-state index in [9.17, 15) is 9.00 Å². The van der Waals surface area contributed by atoms with Gasteiger partial charge in [0.25, 0.3) is 0 Å². The van der Waals surface area contributed by atoms with Gasteiger partial charge in [0.15, 0.2) is 11.1 Å². The van der Waals surface area contributed by atoms with Crippen LogP contribution in [0.2, 0.25) is 0 Å². The smallest absolute Gasteiger partial charge is 0.384 e. The Morgan fingerprint density at radius 1 is 1.35 bits per heavy atom. The van der Waals surface area contributed by atoms with Gasteiger partial charge < -0.3 is 4.74 Å². The molecule has 96 valence electrons. The first-order valence-corrected chi connectivity index (χ1v) is 7.29. The van der Waals surface area contributed by atoms with Crippen LogP contribution >= 0.6 is 0 Å². The Morgan fingerprint density at radius 3 is 2.53 bits per heavy atom. The Labute approximate surface area is 105 Å². The van der Waals surface area contributed by atoms with E-state index in [4.69, 9.17) is 8.92 Å². The van der Waals surface area contributed by atoms with E-state index < -0.39 is 22.7 Å². The SMILES string of the molecule is CCOC(=O)C#CC1(OS(C)=O)CCCCC1. The minimum atomic E-state index is -1.38. The lowest BCUT2D eigenvalue weighted by Gasteiger charge is -2.30. The summed E-state index contributed by atoms with van der Waals surface area (Å²) in [6.07, 6.45) is 6.01. The van der Waals surface area contributed by atoms with Gasteiger partial charge in [0, 0.05) is 12.2 Å². The zero-order valence-corrected chi connectivity index (χ0v) is 11.1. The molecule has 0 saturated heterocycles. The standard InChI is InChI=1S/C12H18O4S/c1-3-15-11(13)7-10-12(16-17(2)14)8-5-4-6-9-12/h3-6,8-9H2,1-2H3. The van der Waals surface area contributed by atoms with Crippen LogP contribution in [0.1, 0.15) is 39.0 Å². The Hall–Kier alpha value is -0.860. The third-order valence-corrected chi connectivity index (χ3v) is 3.16. The van der Waals surface area contributed by atoms with Crippen molar-refractivity contribution in [2.45, 2.75) is 44.6 Å². The van der Waals surface area contributed by atoms with Crippen molar-refractivity contribution in [2.75, 3.05) is 12.9 Å². The topological polar surface area (TPSA) is 52.6 Å². The van der Waals surface area contributed by atoms with Crippen LogP contribution in [-0.4, -0.2) is 28.6 Å². The van der Waals surface area contributed by atoms with Crippen molar-refractivity contribution < 1.29 is 17.9 Å². The maximum atomic E-state index is 11.2. The van der Waals surface area contributed by atoms with Gasteiger partial charge in [-0.15, -0.1) is 0 Å². The van der Waals surface area contributed by atoms with Gasteiger partial charge >= 0.3 is 5.97 Å². The zero-order chi connectivity index (χ0) is 12.7. The van der Waals surface area contributed by atoms with Crippen molar-refractivity contribution in [3.8, 4) is 11.8 Å². The van der Waals surface area contributed by atoms with Gasteiger partial charge in [0.05, 0.1) is 6.61 Å². The van der Waals surface area contributed by atoms with Crippen LogP contribution in [0.25, 0.3) is 0 Å². The van der Waals surface area contributed by atoms with E-state index in [0.717, 1.165) is 32.1 Å². The summed E-state index contributed by atoms with van der Waals surface area (Å²) in [5.41, 5.74) is -0.732. The van der Waals surface area contributed by atoms with Gasteiger partial charge in [0.2, 0.25) is 0 Å². The lowest BCUT2D eigenvalue weighted by atomic mass is 9.85. The molecule has 1 saturated carbocycles. The highest BCUT2D eigenvalue weighted by Crippen LogP contribution is 2.31. The Morgan fingerprint density at radius 2 is 2.00 bits per heavy atom. The summed E-state index contributed by atoms with van der Waals surface area (Å²) in [5, 5.41) is 0. The molecular formula is C12H18O4S. The average Bonchev–Trinajstić information content (AvgIpc) is 2.27. The summed E-state index contributed by atoms with van der Waals surface area (Å²) in [6, 6.07) is 0. The van der Waals surface area contributed by atoms with Crippen molar-refractivity contribution in [1.82, 2.24) is 0 Å². The summed E-state index contributed by atoms with van der Waals surface area (Å²) in [6.45, 7) is 2.04. The van der Waals surface area contributed by atoms with Crippen molar-refractivity contribution >= 4 is 17.0 Å². The summed E-state index contributed by atoms with van der Waals surface area (Å²) >= 11 is -1.38. The zero-order valence-electron chi connectivity index (χ0n) is 10.3. The summed E-state index contributed by atoms with van der Waals surface area (Å²) in [7, 11) is 0. The Balaban J connectivity index is 2.75. The number of carbonyl (C=O) groups excluding carboxylic acids is 1. The average molecular weight is 258 g/mol. The van der Waals surface area contributed by atoms with Crippen LogP contribution in [0.4, 0.5) is 0 Å². The largest absolute Gasteiger partial charge is 0.456 e. The molecule has 17 heavy (non-hydrogen) atoms. The monoisotopic (exact) mass is 258 g/mol. The molecule has 0 radical (unpaired) electrons. The molecule has 0 aromatic rings. The third kappa shape index (κ3) is 4.88. The fraction of sp³-hybridized carbons (Fsp3) is 0.750. The first-order chi connectivity index (χ1) is 8.08. The number of ether oxygens (including phenoxy) is 1. The van der Waals surface area contributed by atoms with Gasteiger partial charge in [-0.05, 0) is 32.6 Å². The summed E-state index contributed by atoms with van der Waals surface area (Å²) in [5.74, 6) is 4.69. The molecule has 5 heteroatoms. The third-order valence-electron chi connectivity index (χ3n) is 2.61. The Bertz CT molecular complexity index is 347. The predicted molar refractivity (Wildman–Crippen MR) is 65.4 cm³/mol. The molecule has 1 fully saturated rings. The fourth-order valence-electron chi connectivity index (χ4n) is 1.91. The molecule has 0 heterocycles. The molecule has 0 spiro atoms. The number of carbonyl (C=O) groups is 1. The van der Waals surface area contributed by atoms with Crippen LogP contribution in [0.5, 0.6) is 0 Å². The summed E-state index contributed by atoms with van der Waals surface area (Å²) < 4.78 is 21.3. The molecule has 1 rings (SSSR count). The second-order valence-electron chi connectivity index (χ2n) is 4.01. The lowest BCUT2D eigenvalue weighted by molar-refractivity contribution is -0.136. The van der Waals surface area contributed by atoms with E-state index in [1.54, 1.807) is 6.92 Å². The molecule has 0 aromatic heterocycles. The highest BCUT2D eigenvalue weighted by molar-refractivity contribution is 7.79. The van der Waals surface area contributed by atoms with Crippen molar-refractivity contribution in [2.24, 2.45) is 0 Å². The molecule has 1 aliphatic carbocycles. The molecule has 4 nitrogen and oxygen atoms in total. The molecule has 0 aromatic carbocycles. The summed E-state index contributed by atoms with van der Waals surface area (Å²) in [4.78, 5) is 11.2. The molecule has 1 atom stereocenters. The molecule has 0 amide bonds. The van der Waals surface area contributed by atoms with Crippen molar-refractivity contribution in [3.63, 3.8) is 0 Å². The van der Waals surface area contributed by atoms with E-state index in [1.165, 1.54) is 6.26 Å². The van der Waals surface area contributed by atoms with E-state index in [0.29, 0.717) is 6.61 Å². The minimum Gasteiger partial charge on any atom is -0.456 e. The van der Waals surface area contributed by atoms with Crippen LogP contribution < -0.4 is 0 Å². The Kier molecular flexibility index (Phi) is 5.66. The predicted octanol–water partition coefficient (Wildman–Crippen LogP) is 1.57. The number of rotatable bonds is 3. The highest BCUT2D eigenvalue weighted by Gasteiger charge is 2.33. The maximum Gasteiger partial charge on any atom is 0.384 e. The molecule has 1 unspecified atom stereocenters. The van der Waals surface area contributed by atoms with Crippen LogP contribution in [-0.2, 0) is 24.8 Å². The second kappa shape index (κ2) is 6.77. The van der Waals surface area contributed by atoms with Gasteiger partial charge in [-0.2, -0.15) is 0 Å². The highest BCUT2D eigenvalue weighted by atomic mass is 32.2. The lowest BCUT2D eigenvalue weighted by Crippen LogP contribution is -2.34. The number of esters is 1. The molecular weight excluding hydrogens is 240 g/mol. The van der Waals surface area contributed by atoms with E-state index in [2.05, 4.69) is 11.8 Å². The fourth-order valence-corrected chi connectivity index (χ4v) is 2.57. The number of hydrogen-bond donors (Lipinski definition) is 0. The van der Waals surface area contributed by atoms with Crippen molar-refractivity contribution in [3.05, 3.63) is 0 Å². The van der Waals surface area contributed by atoms with E-state index in [-0.39, 0.29) is 0 Å². The van der Waals surface area contributed by atoms with Crippen molar-refractivity contribution in [1.29, 1.82) is 0 Å². The molecule has 0 bridgehead atoms. The minimum absolute atomic E-state index is 0.307. The first-order valence-electron chi connectivity index (χ1n) is 5.81. The van der Waals surface area contributed by atoms with Gasteiger partial charge in [-0.1, -0.05) is 12.3 Å². The second-order valence-corrected chi connectivity index (χ2v) is 4.98. The van der Waals surface area contributed by atoms with Gasteiger partial charge in [-0.3, -0.25) is 4.18 Å². The van der Waals surface area contributed by atoms with E-state index >= 15 is 0 Å². The van der Waals surface area contributed by atoms with E-state index in [1.807, 2.05) is 0 Å². The number of hydrogen-bond acceptors (Lipinski definition) is 4. The first kappa shape index (κ1) is 14.2. The molecule has 0 N–H and O–H groups in total. The van der Waals surface area contributed by atoms with Gasteiger partial charge in [-0.25, -0.2) is 9.00 Å². The van der Waals surface area contributed by atoms with Crippen LogP contribution in [0, 0.1) is 11.8 Å². The normalized spacial score (nSPS) is 19.9. The van der Waals surface area contributed by atoms with Crippen LogP contribution in [0.3, 0.4) is 0 Å². The van der Waals surface area contributed by atoms with Gasteiger partial charge in [0.1, 0.15) is 5.60 Å². The quantitative estimate of drug-likeness (QED) is 0.438. The molecule has 1 aliphatic rings. The van der Waals surface area contributed by atoms with Crippen LogP contribution in [0.15, 0.2) is 0 Å².